The quantitative estimate of drug-likeness (QED) is 0.861. The first-order chi connectivity index (χ1) is 9.24. The minimum Gasteiger partial charge on any atom is -0.454 e. The summed E-state index contributed by atoms with van der Waals surface area (Å²) in [5.41, 5.74) is 1.13. The molecule has 0 spiro atoms. The highest BCUT2D eigenvalue weighted by Crippen LogP contribution is 2.33. The van der Waals surface area contributed by atoms with Gasteiger partial charge in [0.25, 0.3) is 0 Å². The lowest BCUT2D eigenvalue weighted by molar-refractivity contribution is -0.133. The Balaban J connectivity index is 0.00000147. The summed E-state index contributed by atoms with van der Waals surface area (Å²) in [5.74, 6) is 1.88. The van der Waals surface area contributed by atoms with E-state index in [1.807, 2.05) is 30.0 Å². The summed E-state index contributed by atoms with van der Waals surface area (Å²) >= 11 is 0. The van der Waals surface area contributed by atoms with Crippen molar-refractivity contribution in [3.63, 3.8) is 0 Å². The number of carbonyl (C=O) groups is 1. The molecule has 5 heteroatoms. The molecule has 2 aliphatic heterocycles. The predicted molar refractivity (Wildman–Crippen MR) is 78.5 cm³/mol. The number of benzene rings is 1. The molecule has 0 radical (unpaired) electrons. The molecule has 1 unspecified atom stereocenters. The Labute approximate surface area is 125 Å². The molecule has 2 heterocycles. The smallest absolute Gasteiger partial charge is 0.231 e. The van der Waals surface area contributed by atoms with Gasteiger partial charge >= 0.3 is 0 Å². The van der Waals surface area contributed by atoms with Gasteiger partial charge in [-0.15, -0.1) is 12.4 Å². The second kappa shape index (κ2) is 6.35. The largest absolute Gasteiger partial charge is 0.454 e. The Kier molecular flexibility index (Phi) is 4.76. The summed E-state index contributed by atoms with van der Waals surface area (Å²) in [6, 6.07) is 5.92. The third kappa shape index (κ3) is 3.01. The van der Waals surface area contributed by atoms with E-state index >= 15 is 0 Å². The number of halogens is 1. The number of nitrogens with zero attached hydrogens (tertiary/aromatic N) is 1. The van der Waals surface area contributed by atoms with Gasteiger partial charge in [-0.3, -0.25) is 4.79 Å². The highest BCUT2D eigenvalue weighted by atomic mass is 35.5. The fourth-order valence-electron chi connectivity index (χ4n) is 2.76. The molecular weight excluding hydrogens is 278 g/mol. The normalized spacial score (nSPS) is 17.8. The van der Waals surface area contributed by atoms with Crippen LogP contribution in [-0.2, 0) is 11.2 Å². The van der Waals surface area contributed by atoms with Gasteiger partial charge in [-0.2, -0.15) is 0 Å². The van der Waals surface area contributed by atoms with Crippen LogP contribution < -0.4 is 9.47 Å². The lowest BCUT2D eigenvalue weighted by atomic mass is 9.99. The summed E-state index contributed by atoms with van der Waals surface area (Å²) < 4.78 is 10.7. The lowest BCUT2D eigenvalue weighted by Crippen LogP contribution is -2.33. The van der Waals surface area contributed by atoms with E-state index < -0.39 is 0 Å². The highest BCUT2D eigenvalue weighted by molar-refractivity contribution is 5.85. The van der Waals surface area contributed by atoms with E-state index in [9.17, 15) is 4.79 Å². The standard InChI is InChI=1S/C15H19NO3.ClH/c1-11(15(17)16-6-2-3-7-16)8-12-4-5-13-14(9-12)19-10-18-13;/h4-5,9,11H,2-3,6-8,10H2,1H3;1H. The zero-order chi connectivity index (χ0) is 13.2. The molecule has 0 aliphatic carbocycles. The maximum atomic E-state index is 12.3. The number of carbonyl (C=O) groups excluding carboxylic acids is 1. The van der Waals surface area contributed by atoms with Crippen molar-refractivity contribution in [1.29, 1.82) is 0 Å². The first-order valence-electron chi connectivity index (χ1n) is 6.91. The van der Waals surface area contributed by atoms with Crippen molar-refractivity contribution < 1.29 is 14.3 Å². The van der Waals surface area contributed by atoms with Gasteiger partial charge in [0, 0.05) is 19.0 Å². The number of fused-ring (bicyclic) bond motifs is 1. The summed E-state index contributed by atoms with van der Waals surface area (Å²) in [7, 11) is 0. The van der Waals surface area contributed by atoms with E-state index in [1.165, 1.54) is 0 Å². The van der Waals surface area contributed by atoms with Crippen LogP contribution in [0.15, 0.2) is 18.2 Å². The first kappa shape index (κ1) is 15.0. The molecular formula is C15H20ClNO3. The maximum Gasteiger partial charge on any atom is 0.231 e. The Morgan fingerprint density at radius 3 is 2.70 bits per heavy atom. The van der Waals surface area contributed by atoms with Gasteiger partial charge in [0.1, 0.15) is 0 Å². The molecule has 1 saturated heterocycles. The van der Waals surface area contributed by atoms with Crippen LogP contribution >= 0.6 is 12.4 Å². The number of likely N-dealkylation sites (tertiary alicyclic amines) is 1. The number of amides is 1. The Bertz CT molecular complexity index is 486. The van der Waals surface area contributed by atoms with Crippen molar-refractivity contribution in [2.45, 2.75) is 26.2 Å². The fourth-order valence-corrected chi connectivity index (χ4v) is 2.76. The minimum atomic E-state index is 0. The van der Waals surface area contributed by atoms with Gasteiger partial charge in [-0.25, -0.2) is 0 Å². The summed E-state index contributed by atoms with van der Waals surface area (Å²) in [5, 5.41) is 0. The molecule has 110 valence electrons. The highest BCUT2D eigenvalue weighted by Gasteiger charge is 2.24. The minimum absolute atomic E-state index is 0. The summed E-state index contributed by atoms with van der Waals surface area (Å²) in [4.78, 5) is 14.2. The van der Waals surface area contributed by atoms with E-state index in [0.29, 0.717) is 6.79 Å². The van der Waals surface area contributed by atoms with E-state index in [4.69, 9.17) is 9.47 Å². The molecule has 2 aliphatic rings. The van der Waals surface area contributed by atoms with Gasteiger partial charge in [0.05, 0.1) is 0 Å². The van der Waals surface area contributed by atoms with Crippen molar-refractivity contribution in [2.24, 2.45) is 5.92 Å². The van der Waals surface area contributed by atoms with Crippen LogP contribution in [0.25, 0.3) is 0 Å². The van der Waals surface area contributed by atoms with E-state index in [0.717, 1.165) is 49.4 Å². The molecule has 0 saturated carbocycles. The first-order valence-corrected chi connectivity index (χ1v) is 6.91. The topological polar surface area (TPSA) is 38.8 Å². The van der Waals surface area contributed by atoms with Crippen molar-refractivity contribution in [1.82, 2.24) is 4.90 Å². The van der Waals surface area contributed by atoms with Gasteiger partial charge in [0.15, 0.2) is 11.5 Å². The third-order valence-electron chi connectivity index (χ3n) is 3.82. The second-order valence-electron chi connectivity index (χ2n) is 5.33. The average molecular weight is 298 g/mol. The van der Waals surface area contributed by atoms with Crippen molar-refractivity contribution in [2.75, 3.05) is 19.9 Å². The maximum absolute atomic E-state index is 12.3. The Hall–Kier alpha value is -1.42. The van der Waals surface area contributed by atoms with Crippen LogP contribution in [0.1, 0.15) is 25.3 Å². The van der Waals surface area contributed by atoms with Crippen LogP contribution in [0, 0.1) is 5.92 Å². The van der Waals surface area contributed by atoms with Gasteiger partial charge < -0.3 is 14.4 Å². The number of hydrogen-bond acceptors (Lipinski definition) is 3. The van der Waals surface area contributed by atoms with Gasteiger partial charge in [-0.1, -0.05) is 13.0 Å². The van der Waals surface area contributed by atoms with Crippen LogP contribution in [0.5, 0.6) is 11.5 Å². The van der Waals surface area contributed by atoms with Gasteiger partial charge in [0.2, 0.25) is 12.7 Å². The van der Waals surface area contributed by atoms with Crippen molar-refractivity contribution in [3.05, 3.63) is 23.8 Å². The summed E-state index contributed by atoms with van der Waals surface area (Å²) in [6.07, 6.45) is 3.04. The SMILES string of the molecule is CC(Cc1ccc2c(c1)OCO2)C(=O)N1CCCC1.Cl. The second-order valence-corrected chi connectivity index (χ2v) is 5.33. The lowest BCUT2D eigenvalue weighted by Gasteiger charge is -2.20. The molecule has 1 aromatic carbocycles. The number of rotatable bonds is 3. The molecule has 20 heavy (non-hydrogen) atoms. The number of ether oxygens (including phenoxy) is 2. The molecule has 1 fully saturated rings. The summed E-state index contributed by atoms with van der Waals surface area (Å²) in [6.45, 7) is 4.14. The molecule has 3 rings (SSSR count). The molecule has 1 aromatic rings. The average Bonchev–Trinajstić information content (AvgIpc) is 3.08. The van der Waals surface area contributed by atoms with Crippen LogP contribution in [0.2, 0.25) is 0 Å². The van der Waals surface area contributed by atoms with E-state index in [1.54, 1.807) is 0 Å². The van der Waals surface area contributed by atoms with Gasteiger partial charge in [-0.05, 0) is 37.0 Å². The molecule has 0 N–H and O–H groups in total. The Morgan fingerprint density at radius 1 is 1.25 bits per heavy atom. The Morgan fingerprint density at radius 2 is 1.95 bits per heavy atom. The molecule has 0 bridgehead atoms. The fraction of sp³-hybridized carbons (Fsp3) is 0.533. The van der Waals surface area contributed by atoms with Crippen molar-refractivity contribution in [3.8, 4) is 11.5 Å². The van der Waals surface area contributed by atoms with Crippen LogP contribution in [0.3, 0.4) is 0 Å². The monoisotopic (exact) mass is 297 g/mol. The molecule has 1 amide bonds. The zero-order valence-corrected chi connectivity index (χ0v) is 12.4. The van der Waals surface area contributed by atoms with Crippen LogP contribution in [0.4, 0.5) is 0 Å². The molecule has 0 aromatic heterocycles. The van der Waals surface area contributed by atoms with E-state index in [2.05, 4.69) is 0 Å². The number of hydrogen-bond donors (Lipinski definition) is 0. The molecule has 1 atom stereocenters. The molecule has 4 nitrogen and oxygen atoms in total. The zero-order valence-electron chi connectivity index (χ0n) is 11.6. The van der Waals surface area contributed by atoms with Crippen molar-refractivity contribution >= 4 is 18.3 Å². The van der Waals surface area contributed by atoms with Crippen LogP contribution in [-0.4, -0.2) is 30.7 Å². The third-order valence-corrected chi connectivity index (χ3v) is 3.82. The predicted octanol–water partition coefficient (Wildman–Crippen LogP) is 2.64. The van der Waals surface area contributed by atoms with E-state index in [-0.39, 0.29) is 24.2 Å².